The summed E-state index contributed by atoms with van der Waals surface area (Å²) in [5, 5.41) is 0. The monoisotopic (exact) mass is 252 g/mol. The quantitative estimate of drug-likeness (QED) is 0.653. The second-order valence-electron chi connectivity index (χ2n) is 2.94. The van der Waals surface area contributed by atoms with Crippen molar-refractivity contribution in [2.24, 2.45) is 0 Å². The van der Waals surface area contributed by atoms with Gasteiger partial charge in [0, 0.05) is 4.47 Å². The van der Waals surface area contributed by atoms with Crippen LogP contribution in [0.3, 0.4) is 0 Å². The lowest BCUT2D eigenvalue weighted by Crippen LogP contribution is -2.08. The van der Waals surface area contributed by atoms with Gasteiger partial charge < -0.3 is 0 Å². The number of aryl methyl sites for hydroxylation is 2. The maximum absolute atomic E-state index is 12.4. The molecule has 0 aliphatic carbocycles. The van der Waals surface area contributed by atoms with Crippen molar-refractivity contribution in [1.29, 1.82) is 0 Å². The molecule has 0 N–H and O–H groups in total. The van der Waals surface area contributed by atoms with Crippen molar-refractivity contribution in [1.82, 2.24) is 0 Å². The van der Waals surface area contributed by atoms with Crippen LogP contribution in [0, 0.1) is 13.8 Å². The van der Waals surface area contributed by atoms with E-state index >= 15 is 0 Å². The minimum Gasteiger partial charge on any atom is -0.166 e. The van der Waals surface area contributed by atoms with Gasteiger partial charge in [0.1, 0.15) is 0 Å². The number of rotatable bonds is 0. The molecule has 0 aliphatic rings. The third-order valence-electron chi connectivity index (χ3n) is 1.72. The molecule has 0 unspecified atom stereocenters. The van der Waals surface area contributed by atoms with Gasteiger partial charge in [0.15, 0.2) is 0 Å². The maximum atomic E-state index is 12.4. The highest BCUT2D eigenvalue weighted by Crippen LogP contribution is 2.37. The summed E-state index contributed by atoms with van der Waals surface area (Å²) < 4.78 is 37.3. The van der Waals surface area contributed by atoms with Crippen molar-refractivity contribution in [2.45, 2.75) is 20.0 Å². The average molecular weight is 253 g/mol. The fourth-order valence-corrected chi connectivity index (χ4v) is 2.17. The summed E-state index contributed by atoms with van der Waals surface area (Å²) in [6.45, 7) is 3.22. The SMILES string of the molecule is Cc1cc(C)c(C(F)(F)F)c(Br)c1. The Morgan fingerprint density at radius 3 is 2.08 bits per heavy atom. The molecule has 72 valence electrons. The predicted molar refractivity (Wildman–Crippen MR) is 48.6 cm³/mol. The molecule has 0 saturated heterocycles. The molecule has 1 aromatic rings. The first-order valence-corrected chi connectivity index (χ1v) is 4.45. The summed E-state index contributed by atoms with van der Waals surface area (Å²) in [6.07, 6.45) is -4.28. The summed E-state index contributed by atoms with van der Waals surface area (Å²) in [5.41, 5.74) is 0.481. The van der Waals surface area contributed by atoms with E-state index in [1.807, 2.05) is 0 Å². The minimum absolute atomic E-state index is 0.109. The zero-order chi connectivity index (χ0) is 10.2. The van der Waals surface area contributed by atoms with Gasteiger partial charge in [-0.05, 0) is 31.0 Å². The lowest BCUT2D eigenvalue weighted by Gasteiger charge is -2.12. The first-order valence-electron chi connectivity index (χ1n) is 3.66. The van der Waals surface area contributed by atoms with Crippen LogP contribution < -0.4 is 0 Å². The van der Waals surface area contributed by atoms with E-state index in [-0.39, 0.29) is 10.0 Å². The van der Waals surface area contributed by atoms with Crippen LogP contribution in [0.5, 0.6) is 0 Å². The number of hydrogen-bond acceptors (Lipinski definition) is 0. The molecule has 4 heteroatoms. The van der Waals surface area contributed by atoms with Gasteiger partial charge in [0.2, 0.25) is 0 Å². The van der Waals surface area contributed by atoms with Crippen LogP contribution in [0.4, 0.5) is 13.2 Å². The average Bonchev–Trinajstić information content (AvgIpc) is 1.78. The largest absolute Gasteiger partial charge is 0.417 e. The highest BCUT2D eigenvalue weighted by molar-refractivity contribution is 9.10. The summed E-state index contributed by atoms with van der Waals surface area (Å²) in [5.74, 6) is 0. The van der Waals surface area contributed by atoms with Crippen molar-refractivity contribution < 1.29 is 13.2 Å². The highest BCUT2D eigenvalue weighted by atomic mass is 79.9. The van der Waals surface area contributed by atoms with E-state index in [4.69, 9.17) is 0 Å². The van der Waals surface area contributed by atoms with Gasteiger partial charge in [-0.25, -0.2) is 0 Å². The standard InChI is InChI=1S/C9H8BrF3/c1-5-3-6(2)8(7(10)4-5)9(11,12)13/h3-4H,1-2H3. The van der Waals surface area contributed by atoms with Gasteiger partial charge in [-0.3, -0.25) is 0 Å². The van der Waals surface area contributed by atoms with Gasteiger partial charge in [-0.2, -0.15) is 13.2 Å². The molecule has 13 heavy (non-hydrogen) atoms. The van der Waals surface area contributed by atoms with E-state index in [0.717, 1.165) is 5.56 Å². The second-order valence-corrected chi connectivity index (χ2v) is 3.79. The lowest BCUT2D eigenvalue weighted by atomic mass is 10.1. The topological polar surface area (TPSA) is 0 Å². The van der Waals surface area contributed by atoms with Crippen molar-refractivity contribution in [3.8, 4) is 0 Å². The highest BCUT2D eigenvalue weighted by Gasteiger charge is 2.34. The molecule has 0 amide bonds. The van der Waals surface area contributed by atoms with Crippen LogP contribution in [0.1, 0.15) is 16.7 Å². The van der Waals surface area contributed by atoms with Crippen LogP contribution in [0.25, 0.3) is 0 Å². The summed E-state index contributed by atoms with van der Waals surface area (Å²) in [7, 11) is 0. The van der Waals surface area contributed by atoms with E-state index in [0.29, 0.717) is 0 Å². The first kappa shape index (κ1) is 10.6. The van der Waals surface area contributed by atoms with Crippen LogP contribution >= 0.6 is 15.9 Å². The molecule has 1 rings (SSSR count). The fourth-order valence-electron chi connectivity index (χ4n) is 1.27. The Hall–Kier alpha value is -0.510. The molecule has 0 nitrogen and oxygen atoms in total. The molecule has 0 aliphatic heterocycles. The lowest BCUT2D eigenvalue weighted by molar-refractivity contribution is -0.138. The Balaban J connectivity index is 3.38. The van der Waals surface area contributed by atoms with Crippen molar-refractivity contribution in [3.05, 3.63) is 33.3 Å². The molecular formula is C9H8BrF3. The van der Waals surface area contributed by atoms with E-state index in [2.05, 4.69) is 15.9 Å². The summed E-state index contributed by atoms with van der Waals surface area (Å²) in [4.78, 5) is 0. The van der Waals surface area contributed by atoms with Gasteiger partial charge in [0.25, 0.3) is 0 Å². The first-order chi connectivity index (χ1) is 5.82. The molecule has 0 heterocycles. The van der Waals surface area contributed by atoms with Crippen LogP contribution in [-0.4, -0.2) is 0 Å². The maximum Gasteiger partial charge on any atom is 0.417 e. The van der Waals surface area contributed by atoms with Crippen molar-refractivity contribution in [3.63, 3.8) is 0 Å². The van der Waals surface area contributed by atoms with Gasteiger partial charge in [0.05, 0.1) is 5.56 Å². The summed E-state index contributed by atoms with van der Waals surface area (Å²) >= 11 is 2.91. The normalized spacial score (nSPS) is 11.8. The Kier molecular flexibility index (Phi) is 2.71. The molecule has 0 saturated carbocycles. The second kappa shape index (κ2) is 3.33. The molecule has 0 spiro atoms. The Bertz CT molecular complexity index is 305. The molecule has 0 bridgehead atoms. The van der Waals surface area contributed by atoms with E-state index in [1.54, 1.807) is 6.92 Å². The Labute approximate surface area is 82.9 Å². The zero-order valence-corrected chi connectivity index (χ0v) is 8.75. The predicted octanol–water partition coefficient (Wildman–Crippen LogP) is 4.08. The Morgan fingerprint density at radius 1 is 1.15 bits per heavy atom. The van der Waals surface area contributed by atoms with Crippen molar-refractivity contribution >= 4 is 15.9 Å². The number of benzene rings is 1. The van der Waals surface area contributed by atoms with Gasteiger partial charge in [-0.1, -0.05) is 22.0 Å². The van der Waals surface area contributed by atoms with Crippen LogP contribution in [-0.2, 0) is 6.18 Å². The van der Waals surface area contributed by atoms with Crippen LogP contribution in [0.2, 0.25) is 0 Å². The zero-order valence-electron chi connectivity index (χ0n) is 7.17. The number of hydrogen-bond donors (Lipinski definition) is 0. The minimum atomic E-state index is -4.28. The smallest absolute Gasteiger partial charge is 0.166 e. The third kappa shape index (κ3) is 2.24. The number of alkyl halides is 3. The van der Waals surface area contributed by atoms with Gasteiger partial charge >= 0.3 is 6.18 Å². The molecule has 0 aromatic heterocycles. The molecule has 1 aromatic carbocycles. The summed E-state index contributed by atoms with van der Waals surface area (Å²) in [6, 6.07) is 2.99. The van der Waals surface area contributed by atoms with Crippen LogP contribution in [0.15, 0.2) is 16.6 Å². The van der Waals surface area contributed by atoms with Crippen molar-refractivity contribution in [2.75, 3.05) is 0 Å². The molecular weight excluding hydrogens is 245 g/mol. The van der Waals surface area contributed by atoms with E-state index < -0.39 is 11.7 Å². The van der Waals surface area contributed by atoms with E-state index in [1.165, 1.54) is 19.1 Å². The Morgan fingerprint density at radius 2 is 1.69 bits per heavy atom. The van der Waals surface area contributed by atoms with Gasteiger partial charge in [-0.15, -0.1) is 0 Å². The molecule has 0 radical (unpaired) electrons. The number of halogens is 4. The van der Waals surface area contributed by atoms with E-state index in [9.17, 15) is 13.2 Å². The molecule has 0 fully saturated rings. The third-order valence-corrected chi connectivity index (χ3v) is 2.34. The molecule has 0 atom stereocenters. The fraction of sp³-hybridized carbons (Fsp3) is 0.333.